The molecule has 0 saturated heterocycles. The summed E-state index contributed by atoms with van der Waals surface area (Å²) in [6, 6.07) is 3.73. The van der Waals surface area contributed by atoms with E-state index in [2.05, 4.69) is 10.6 Å². The summed E-state index contributed by atoms with van der Waals surface area (Å²) in [5, 5.41) is 5.41. The quantitative estimate of drug-likeness (QED) is 0.806. The van der Waals surface area contributed by atoms with Crippen LogP contribution in [0.25, 0.3) is 0 Å². The van der Waals surface area contributed by atoms with Crippen molar-refractivity contribution >= 4 is 23.4 Å². The Balaban J connectivity index is 2.40. The predicted molar refractivity (Wildman–Crippen MR) is 82.4 cm³/mol. The summed E-state index contributed by atoms with van der Waals surface area (Å²) >= 11 is 5.82. The fraction of sp³-hybridized carbons (Fsp3) is 0.467. The maximum Gasteiger partial charge on any atom is 0.260 e. The van der Waals surface area contributed by atoms with Crippen molar-refractivity contribution in [3.05, 3.63) is 29.0 Å². The van der Waals surface area contributed by atoms with Gasteiger partial charge in [-0.3, -0.25) is 9.59 Å². The van der Waals surface area contributed by atoms with Crippen LogP contribution in [-0.2, 0) is 9.59 Å². The predicted octanol–water partition coefficient (Wildman–Crippen LogP) is 2.28. The van der Waals surface area contributed by atoms with E-state index in [0.29, 0.717) is 0 Å². The van der Waals surface area contributed by atoms with E-state index < -0.39 is 11.9 Å². The third-order valence-electron chi connectivity index (χ3n) is 2.67. The molecule has 1 atom stereocenters. The fourth-order valence-corrected chi connectivity index (χ4v) is 1.86. The van der Waals surface area contributed by atoms with E-state index in [9.17, 15) is 14.0 Å². The Labute approximate surface area is 134 Å². The van der Waals surface area contributed by atoms with E-state index in [4.69, 9.17) is 16.3 Å². The minimum Gasteiger partial charge on any atom is -0.479 e. The molecule has 0 aliphatic rings. The lowest BCUT2D eigenvalue weighted by Crippen LogP contribution is -2.39. The molecule has 0 saturated carbocycles. The Hall–Kier alpha value is -1.82. The molecular formula is C15H20ClFN2O3. The first-order chi connectivity index (χ1) is 10.3. The number of benzene rings is 1. The number of rotatable bonds is 7. The zero-order valence-electron chi connectivity index (χ0n) is 12.8. The van der Waals surface area contributed by atoms with Gasteiger partial charge in [-0.15, -0.1) is 0 Å². The largest absolute Gasteiger partial charge is 0.479 e. The molecule has 0 unspecified atom stereocenters. The molecule has 0 aliphatic heterocycles. The molecular weight excluding hydrogens is 311 g/mol. The van der Waals surface area contributed by atoms with Gasteiger partial charge in [-0.1, -0.05) is 11.6 Å². The highest BCUT2D eigenvalue weighted by Crippen LogP contribution is 2.25. The standard InChI is InChI=1S/C15H20ClFN2O3/c1-9(2)19-14(20)6-7-18-15(21)10(3)22-13-5-4-11(17)8-12(13)16/h4-5,8-10H,6-7H2,1-3H3,(H,18,21)(H,19,20)/t10-/m0/s1. The third kappa shape index (κ3) is 6.30. The Kier molecular flexibility index (Phi) is 7.11. The molecule has 122 valence electrons. The monoisotopic (exact) mass is 330 g/mol. The number of carbonyl (C=O) groups is 2. The first-order valence-corrected chi connectivity index (χ1v) is 7.36. The molecule has 0 spiro atoms. The van der Waals surface area contributed by atoms with Crippen LogP contribution in [0.1, 0.15) is 27.2 Å². The van der Waals surface area contributed by atoms with Crippen molar-refractivity contribution in [1.29, 1.82) is 0 Å². The topological polar surface area (TPSA) is 67.4 Å². The van der Waals surface area contributed by atoms with Gasteiger partial charge in [0.15, 0.2) is 6.10 Å². The molecule has 2 amide bonds. The Morgan fingerprint density at radius 1 is 1.32 bits per heavy atom. The van der Waals surface area contributed by atoms with Gasteiger partial charge < -0.3 is 15.4 Å². The highest BCUT2D eigenvalue weighted by molar-refractivity contribution is 6.32. The van der Waals surface area contributed by atoms with Gasteiger partial charge >= 0.3 is 0 Å². The minimum absolute atomic E-state index is 0.0612. The van der Waals surface area contributed by atoms with Crippen LogP contribution in [0.4, 0.5) is 4.39 Å². The summed E-state index contributed by atoms with van der Waals surface area (Å²) in [5.41, 5.74) is 0. The lowest BCUT2D eigenvalue weighted by Gasteiger charge is -2.15. The van der Waals surface area contributed by atoms with E-state index in [0.717, 1.165) is 6.07 Å². The molecule has 1 aromatic carbocycles. The second-order valence-electron chi connectivity index (χ2n) is 5.10. The molecule has 1 rings (SSSR count). The smallest absolute Gasteiger partial charge is 0.260 e. The Bertz CT molecular complexity index is 538. The second-order valence-corrected chi connectivity index (χ2v) is 5.51. The minimum atomic E-state index is -0.809. The van der Waals surface area contributed by atoms with Gasteiger partial charge in [0.2, 0.25) is 5.91 Å². The van der Waals surface area contributed by atoms with Gasteiger partial charge in [-0.2, -0.15) is 0 Å². The number of halogens is 2. The first-order valence-electron chi connectivity index (χ1n) is 6.98. The van der Waals surface area contributed by atoms with Crippen LogP contribution >= 0.6 is 11.6 Å². The molecule has 0 fully saturated rings. The molecule has 2 N–H and O–H groups in total. The van der Waals surface area contributed by atoms with E-state index in [1.807, 2.05) is 13.8 Å². The van der Waals surface area contributed by atoms with E-state index >= 15 is 0 Å². The molecule has 5 nitrogen and oxygen atoms in total. The summed E-state index contributed by atoms with van der Waals surface area (Å²) < 4.78 is 18.3. The van der Waals surface area contributed by atoms with Crippen molar-refractivity contribution in [1.82, 2.24) is 10.6 Å². The lowest BCUT2D eigenvalue weighted by atomic mass is 10.3. The first kappa shape index (κ1) is 18.2. The van der Waals surface area contributed by atoms with Crippen molar-refractivity contribution < 1.29 is 18.7 Å². The van der Waals surface area contributed by atoms with Crippen molar-refractivity contribution in [3.8, 4) is 5.75 Å². The number of ether oxygens (including phenoxy) is 1. The summed E-state index contributed by atoms with van der Waals surface area (Å²) in [6.45, 7) is 5.48. The van der Waals surface area contributed by atoms with Crippen LogP contribution in [-0.4, -0.2) is 30.5 Å². The average Bonchev–Trinajstić information content (AvgIpc) is 2.40. The van der Waals surface area contributed by atoms with Crippen LogP contribution in [0.3, 0.4) is 0 Å². The van der Waals surface area contributed by atoms with Gasteiger partial charge in [0, 0.05) is 19.0 Å². The van der Waals surface area contributed by atoms with Gasteiger partial charge in [0.25, 0.3) is 5.91 Å². The molecule has 0 radical (unpaired) electrons. The Morgan fingerprint density at radius 3 is 2.59 bits per heavy atom. The molecule has 0 bridgehead atoms. The number of amides is 2. The van der Waals surface area contributed by atoms with Crippen molar-refractivity contribution in [3.63, 3.8) is 0 Å². The molecule has 0 aromatic heterocycles. The fourth-order valence-electron chi connectivity index (χ4n) is 1.65. The van der Waals surface area contributed by atoms with Crippen LogP contribution in [0.15, 0.2) is 18.2 Å². The van der Waals surface area contributed by atoms with Crippen molar-refractivity contribution in [2.75, 3.05) is 6.54 Å². The molecule has 0 aliphatic carbocycles. The molecule has 7 heteroatoms. The number of hydrogen-bond donors (Lipinski definition) is 2. The average molecular weight is 331 g/mol. The van der Waals surface area contributed by atoms with E-state index in [1.165, 1.54) is 12.1 Å². The van der Waals surface area contributed by atoms with Crippen LogP contribution in [0.5, 0.6) is 5.75 Å². The number of hydrogen-bond acceptors (Lipinski definition) is 3. The van der Waals surface area contributed by atoms with Gasteiger partial charge in [-0.25, -0.2) is 4.39 Å². The number of carbonyl (C=O) groups excluding carboxylic acids is 2. The lowest BCUT2D eigenvalue weighted by molar-refractivity contribution is -0.127. The third-order valence-corrected chi connectivity index (χ3v) is 2.96. The molecule has 0 heterocycles. The van der Waals surface area contributed by atoms with E-state index in [1.54, 1.807) is 6.92 Å². The number of nitrogens with one attached hydrogen (secondary N) is 2. The Morgan fingerprint density at radius 2 is 2.00 bits per heavy atom. The maximum atomic E-state index is 12.9. The molecule has 1 aromatic rings. The zero-order chi connectivity index (χ0) is 16.7. The van der Waals surface area contributed by atoms with Gasteiger partial charge in [0.05, 0.1) is 5.02 Å². The summed E-state index contributed by atoms with van der Waals surface area (Å²) in [6.07, 6.45) is -0.621. The van der Waals surface area contributed by atoms with Crippen LogP contribution in [0.2, 0.25) is 5.02 Å². The van der Waals surface area contributed by atoms with Gasteiger partial charge in [-0.05, 0) is 39.0 Å². The molecule has 22 heavy (non-hydrogen) atoms. The highest BCUT2D eigenvalue weighted by Gasteiger charge is 2.16. The second kappa shape index (κ2) is 8.58. The van der Waals surface area contributed by atoms with Crippen LogP contribution in [0, 0.1) is 5.82 Å². The van der Waals surface area contributed by atoms with Gasteiger partial charge in [0.1, 0.15) is 11.6 Å². The SMILES string of the molecule is CC(C)NC(=O)CCNC(=O)[C@H](C)Oc1ccc(F)cc1Cl. The maximum absolute atomic E-state index is 12.9. The normalized spacial score (nSPS) is 11.9. The van der Waals surface area contributed by atoms with Crippen molar-refractivity contribution in [2.24, 2.45) is 0 Å². The summed E-state index contributed by atoms with van der Waals surface area (Å²) in [5.74, 6) is -0.767. The summed E-state index contributed by atoms with van der Waals surface area (Å²) in [4.78, 5) is 23.3. The zero-order valence-corrected chi connectivity index (χ0v) is 13.5. The van der Waals surface area contributed by atoms with Crippen molar-refractivity contribution in [2.45, 2.75) is 39.3 Å². The van der Waals surface area contributed by atoms with Crippen LogP contribution < -0.4 is 15.4 Å². The van der Waals surface area contributed by atoms with E-state index in [-0.39, 0.29) is 41.6 Å². The highest BCUT2D eigenvalue weighted by atomic mass is 35.5. The summed E-state index contributed by atoms with van der Waals surface area (Å²) in [7, 11) is 0.